The first kappa shape index (κ1) is 12.7. The van der Waals surface area contributed by atoms with E-state index in [1.807, 2.05) is 0 Å². The van der Waals surface area contributed by atoms with Crippen molar-refractivity contribution in [2.24, 2.45) is 5.92 Å². The van der Waals surface area contributed by atoms with Crippen molar-refractivity contribution in [3.63, 3.8) is 0 Å². The number of hydrogen-bond donors (Lipinski definition) is 0. The van der Waals surface area contributed by atoms with Gasteiger partial charge in [-0.25, -0.2) is 0 Å². The van der Waals surface area contributed by atoms with Gasteiger partial charge in [-0.2, -0.15) is 0 Å². The molecule has 78 valence electrons. The summed E-state index contributed by atoms with van der Waals surface area (Å²) in [6, 6.07) is 0. The third-order valence-corrected chi connectivity index (χ3v) is 2.57. The van der Waals surface area contributed by atoms with E-state index in [0.717, 1.165) is 25.0 Å². The zero-order valence-corrected chi connectivity index (χ0v) is 9.22. The van der Waals surface area contributed by atoms with E-state index < -0.39 is 0 Å². The minimum absolute atomic E-state index is 0.750. The van der Waals surface area contributed by atoms with E-state index in [0.29, 0.717) is 0 Å². The summed E-state index contributed by atoms with van der Waals surface area (Å²) in [5, 5.41) is 0. The number of carbonyl (C=O) groups is 1. The molecular weight excluding hydrogens is 160 g/mol. The first-order valence-corrected chi connectivity index (χ1v) is 5.74. The maximum Gasteiger partial charge on any atom is 0.119 e. The molecule has 13 heavy (non-hydrogen) atoms. The average molecular weight is 184 g/mol. The second-order valence-corrected chi connectivity index (χ2v) is 4.05. The van der Waals surface area contributed by atoms with E-state index in [1.54, 1.807) is 0 Å². The first-order valence-electron chi connectivity index (χ1n) is 5.74. The summed E-state index contributed by atoms with van der Waals surface area (Å²) in [4.78, 5) is 9.77. The van der Waals surface area contributed by atoms with Gasteiger partial charge in [-0.1, -0.05) is 52.4 Å². The second kappa shape index (κ2) is 9.76. The Labute approximate surface area is 82.9 Å². The molecule has 0 spiro atoms. The van der Waals surface area contributed by atoms with Crippen LogP contribution in [0.3, 0.4) is 0 Å². The summed E-state index contributed by atoms with van der Waals surface area (Å²) >= 11 is 0. The molecule has 1 nitrogen and oxygen atoms in total. The highest BCUT2D eigenvalue weighted by atomic mass is 16.1. The minimum Gasteiger partial charge on any atom is -0.303 e. The monoisotopic (exact) mass is 184 g/mol. The summed E-state index contributed by atoms with van der Waals surface area (Å²) in [7, 11) is 0. The van der Waals surface area contributed by atoms with E-state index in [1.165, 1.54) is 38.5 Å². The zero-order chi connectivity index (χ0) is 9.94. The largest absolute Gasteiger partial charge is 0.303 e. The van der Waals surface area contributed by atoms with Crippen molar-refractivity contribution in [1.82, 2.24) is 0 Å². The lowest BCUT2D eigenvalue weighted by atomic mass is 9.88. The van der Waals surface area contributed by atoms with E-state index in [-0.39, 0.29) is 0 Å². The summed E-state index contributed by atoms with van der Waals surface area (Å²) in [5.74, 6) is 1.06. The molecule has 0 radical (unpaired) electrons. The number of rotatable bonds is 5. The first-order chi connectivity index (χ1) is 6.31. The molecule has 0 atom stereocenters. The molecule has 1 fully saturated rings. The average Bonchev–Trinajstić information content (AvgIpc) is 2.10. The molecule has 0 aromatic carbocycles. The third kappa shape index (κ3) is 9.59. The van der Waals surface area contributed by atoms with Gasteiger partial charge in [0.25, 0.3) is 0 Å². The topological polar surface area (TPSA) is 17.1 Å². The van der Waals surface area contributed by atoms with Crippen molar-refractivity contribution in [3.05, 3.63) is 0 Å². The molecule has 0 bridgehead atoms. The van der Waals surface area contributed by atoms with E-state index >= 15 is 0 Å². The number of hydrogen-bond acceptors (Lipinski definition) is 1. The van der Waals surface area contributed by atoms with Crippen molar-refractivity contribution >= 4 is 6.29 Å². The maximum atomic E-state index is 9.77. The van der Waals surface area contributed by atoms with Crippen LogP contribution in [-0.2, 0) is 4.79 Å². The van der Waals surface area contributed by atoms with Crippen LogP contribution in [0.2, 0.25) is 0 Å². The predicted molar refractivity (Wildman–Crippen MR) is 57.8 cm³/mol. The molecule has 1 rings (SSSR count). The van der Waals surface area contributed by atoms with Crippen LogP contribution in [0.25, 0.3) is 0 Å². The molecule has 0 aromatic rings. The molecule has 0 N–H and O–H groups in total. The highest BCUT2D eigenvalue weighted by Crippen LogP contribution is 2.24. The van der Waals surface area contributed by atoms with Crippen LogP contribution in [0, 0.1) is 5.92 Å². The molecule has 0 saturated heterocycles. The second-order valence-electron chi connectivity index (χ2n) is 4.05. The molecule has 1 saturated carbocycles. The Morgan fingerprint density at radius 2 is 1.85 bits per heavy atom. The van der Waals surface area contributed by atoms with Gasteiger partial charge < -0.3 is 4.79 Å². The number of carbonyl (C=O) groups excluding carboxylic acids is 1. The lowest BCUT2D eigenvalue weighted by Crippen LogP contribution is -2.04. The van der Waals surface area contributed by atoms with Crippen LogP contribution in [-0.4, -0.2) is 6.29 Å². The summed E-state index contributed by atoms with van der Waals surface area (Å²) in [5.41, 5.74) is 0. The van der Waals surface area contributed by atoms with Crippen molar-refractivity contribution in [1.29, 1.82) is 0 Å². The Bertz CT molecular complexity index is 106. The lowest BCUT2D eigenvalue weighted by Gasteiger charge is -2.18. The maximum absolute atomic E-state index is 9.77. The molecule has 0 heterocycles. The fourth-order valence-corrected chi connectivity index (χ4v) is 1.27. The van der Waals surface area contributed by atoms with E-state index in [2.05, 4.69) is 13.8 Å². The lowest BCUT2D eigenvalue weighted by molar-refractivity contribution is -0.107. The predicted octanol–water partition coefficient (Wildman–Crippen LogP) is 3.96. The highest BCUT2D eigenvalue weighted by molar-refractivity contribution is 5.48. The van der Waals surface area contributed by atoms with Gasteiger partial charge in [0.15, 0.2) is 0 Å². The van der Waals surface area contributed by atoms with Gasteiger partial charge in [-0.05, 0) is 12.3 Å². The Morgan fingerprint density at radius 3 is 2.15 bits per heavy atom. The van der Waals surface area contributed by atoms with Crippen molar-refractivity contribution in [2.45, 2.75) is 65.2 Å². The molecule has 0 amide bonds. The molecule has 1 heteroatoms. The van der Waals surface area contributed by atoms with Crippen LogP contribution < -0.4 is 0 Å². The normalized spacial score (nSPS) is 15.5. The van der Waals surface area contributed by atoms with Gasteiger partial charge in [0, 0.05) is 6.42 Å². The van der Waals surface area contributed by atoms with Gasteiger partial charge in [0.2, 0.25) is 0 Å². The van der Waals surface area contributed by atoms with Gasteiger partial charge >= 0.3 is 0 Å². The van der Waals surface area contributed by atoms with Crippen molar-refractivity contribution in [3.8, 4) is 0 Å². The minimum atomic E-state index is 0.750. The quantitative estimate of drug-likeness (QED) is 0.467. The Hall–Kier alpha value is -0.330. The Balaban J connectivity index is 0.000000243. The number of aldehydes is 1. The number of unbranched alkanes of at least 4 members (excludes halogenated alkanes) is 4. The SMILES string of the molecule is CC1CCC1.CCCCCCC=O. The smallest absolute Gasteiger partial charge is 0.119 e. The van der Waals surface area contributed by atoms with Crippen LogP contribution >= 0.6 is 0 Å². The molecular formula is C12H24O. The van der Waals surface area contributed by atoms with Crippen LogP contribution in [0.15, 0.2) is 0 Å². The van der Waals surface area contributed by atoms with Gasteiger partial charge in [0.1, 0.15) is 6.29 Å². The molecule has 0 aromatic heterocycles. The third-order valence-electron chi connectivity index (χ3n) is 2.57. The fraction of sp³-hybridized carbons (Fsp3) is 0.917. The molecule has 0 unspecified atom stereocenters. The van der Waals surface area contributed by atoms with Crippen molar-refractivity contribution in [2.75, 3.05) is 0 Å². The standard InChI is InChI=1S/C7H14O.C5H10/c1-2-3-4-5-6-7-8;1-5-3-2-4-5/h7H,2-6H2,1H3;5H,2-4H2,1H3. The highest BCUT2D eigenvalue weighted by Gasteiger charge is 2.09. The molecule has 0 aliphatic heterocycles. The van der Waals surface area contributed by atoms with Crippen LogP contribution in [0.5, 0.6) is 0 Å². The van der Waals surface area contributed by atoms with Crippen molar-refractivity contribution < 1.29 is 4.79 Å². The van der Waals surface area contributed by atoms with Gasteiger partial charge in [-0.3, -0.25) is 0 Å². The fourth-order valence-electron chi connectivity index (χ4n) is 1.27. The summed E-state index contributed by atoms with van der Waals surface area (Å²) in [6.45, 7) is 4.48. The van der Waals surface area contributed by atoms with E-state index in [9.17, 15) is 4.79 Å². The Kier molecular flexibility index (Phi) is 9.51. The zero-order valence-electron chi connectivity index (χ0n) is 9.22. The molecule has 1 aliphatic rings. The summed E-state index contributed by atoms with van der Waals surface area (Å²) in [6.07, 6.45) is 11.0. The van der Waals surface area contributed by atoms with Crippen LogP contribution in [0.1, 0.15) is 65.2 Å². The summed E-state index contributed by atoms with van der Waals surface area (Å²) < 4.78 is 0. The van der Waals surface area contributed by atoms with Crippen LogP contribution in [0.4, 0.5) is 0 Å². The van der Waals surface area contributed by atoms with Gasteiger partial charge in [-0.15, -0.1) is 0 Å². The molecule has 1 aliphatic carbocycles. The van der Waals surface area contributed by atoms with E-state index in [4.69, 9.17) is 0 Å². The van der Waals surface area contributed by atoms with Gasteiger partial charge in [0.05, 0.1) is 0 Å². The Morgan fingerprint density at radius 1 is 1.23 bits per heavy atom.